The van der Waals surface area contributed by atoms with Crippen LogP contribution in [-0.4, -0.2) is 5.26 Å². The molecule has 2 heteroatoms. The molecular weight excluding hydrogens is 284 g/mol. The van der Waals surface area contributed by atoms with Crippen molar-refractivity contribution in [1.82, 2.24) is 0 Å². The van der Waals surface area contributed by atoms with Crippen LogP contribution in [0.3, 0.4) is 0 Å². The fraction of sp³-hybridized carbons (Fsp3) is 0.714. The van der Waals surface area contributed by atoms with Crippen LogP contribution in [0.25, 0.3) is 0 Å². The molecule has 0 aliphatic heterocycles. The lowest BCUT2D eigenvalue weighted by atomic mass is 9.77. The van der Waals surface area contributed by atoms with Crippen molar-refractivity contribution < 1.29 is 10.1 Å². The minimum absolute atomic E-state index is 0.150. The maximum Gasteiger partial charge on any atom is 0.120 e. The molecule has 0 spiro atoms. The van der Waals surface area contributed by atoms with E-state index in [0.29, 0.717) is 5.92 Å². The monoisotopic (exact) mass is 316 g/mol. The summed E-state index contributed by atoms with van der Waals surface area (Å²) in [6.07, 6.45) is 10.0. The standard InChI is InChI=1S/C21H32O2/c1-15-3-7-17(8-4-15)18-11-13-20(14-12-18)21(23-22)19-9-5-16(2)6-10-19/h11-17,19,21-22H,3-10H2,1-2H3. The topological polar surface area (TPSA) is 29.5 Å². The van der Waals surface area contributed by atoms with E-state index < -0.39 is 0 Å². The SMILES string of the molecule is CC1CCC(c2ccc(C(OO)C3CCC(C)CC3)cc2)CC1. The number of rotatable bonds is 4. The molecule has 2 fully saturated rings. The first-order chi connectivity index (χ1) is 11.2. The molecule has 0 aromatic heterocycles. The van der Waals surface area contributed by atoms with E-state index >= 15 is 0 Å². The molecule has 128 valence electrons. The van der Waals surface area contributed by atoms with Crippen LogP contribution in [0.5, 0.6) is 0 Å². The van der Waals surface area contributed by atoms with Crippen LogP contribution in [0.2, 0.25) is 0 Å². The van der Waals surface area contributed by atoms with Crippen molar-refractivity contribution in [2.75, 3.05) is 0 Å². The Morgan fingerprint density at radius 3 is 1.87 bits per heavy atom. The molecule has 0 amide bonds. The van der Waals surface area contributed by atoms with E-state index in [4.69, 9.17) is 4.89 Å². The van der Waals surface area contributed by atoms with Crippen LogP contribution < -0.4 is 0 Å². The molecular formula is C21H32O2. The molecule has 2 aliphatic rings. The summed E-state index contributed by atoms with van der Waals surface area (Å²) in [5, 5.41) is 9.44. The Morgan fingerprint density at radius 2 is 1.35 bits per heavy atom. The second-order valence-electron chi connectivity index (χ2n) is 8.17. The van der Waals surface area contributed by atoms with E-state index in [-0.39, 0.29) is 6.10 Å². The van der Waals surface area contributed by atoms with Gasteiger partial charge in [0, 0.05) is 0 Å². The summed E-state index contributed by atoms with van der Waals surface area (Å²) in [6, 6.07) is 8.92. The molecule has 0 saturated heterocycles. The smallest absolute Gasteiger partial charge is 0.120 e. The van der Waals surface area contributed by atoms with Gasteiger partial charge in [0.05, 0.1) is 0 Å². The van der Waals surface area contributed by atoms with Crippen molar-refractivity contribution in [1.29, 1.82) is 0 Å². The van der Waals surface area contributed by atoms with Crippen LogP contribution in [-0.2, 0) is 4.89 Å². The average molecular weight is 316 g/mol. The molecule has 2 aliphatic carbocycles. The summed E-state index contributed by atoms with van der Waals surface area (Å²) in [5.41, 5.74) is 2.61. The Kier molecular flexibility index (Phi) is 5.76. The maximum absolute atomic E-state index is 9.44. The van der Waals surface area contributed by atoms with Crippen LogP contribution >= 0.6 is 0 Å². The number of hydrogen-bond donors (Lipinski definition) is 1. The maximum atomic E-state index is 9.44. The Balaban J connectivity index is 1.65. The van der Waals surface area contributed by atoms with Gasteiger partial charge < -0.3 is 0 Å². The van der Waals surface area contributed by atoms with E-state index in [1.165, 1.54) is 44.1 Å². The lowest BCUT2D eigenvalue weighted by Gasteiger charge is -2.31. The summed E-state index contributed by atoms with van der Waals surface area (Å²) >= 11 is 0. The average Bonchev–Trinajstić information content (AvgIpc) is 2.59. The zero-order chi connectivity index (χ0) is 16.2. The lowest BCUT2D eigenvalue weighted by Crippen LogP contribution is -2.21. The zero-order valence-electron chi connectivity index (χ0n) is 14.7. The van der Waals surface area contributed by atoms with Crippen molar-refractivity contribution in [3.05, 3.63) is 35.4 Å². The predicted molar refractivity (Wildman–Crippen MR) is 94.4 cm³/mol. The van der Waals surface area contributed by atoms with E-state index in [0.717, 1.165) is 36.2 Å². The van der Waals surface area contributed by atoms with Gasteiger partial charge in [-0.05, 0) is 60.5 Å². The highest BCUT2D eigenvalue weighted by molar-refractivity contribution is 5.27. The van der Waals surface area contributed by atoms with E-state index in [2.05, 4.69) is 38.1 Å². The Bertz CT molecular complexity index is 465. The Morgan fingerprint density at radius 1 is 0.826 bits per heavy atom. The van der Waals surface area contributed by atoms with Gasteiger partial charge in [-0.2, -0.15) is 0 Å². The predicted octanol–water partition coefficient (Wildman–Crippen LogP) is 6.34. The fourth-order valence-corrected chi connectivity index (χ4v) is 4.56. The Hall–Kier alpha value is -0.860. The molecule has 0 bridgehead atoms. The molecule has 3 rings (SSSR count). The fourth-order valence-electron chi connectivity index (χ4n) is 4.56. The van der Waals surface area contributed by atoms with E-state index in [1.807, 2.05) is 0 Å². The minimum atomic E-state index is -0.150. The summed E-state index contributed by atoms with van der Waals surface area (Å²) < 4.78 is 0. The van der Waals surface area contributed by atoms with Gasteiger partial charge in [0.25, 0.3) is 0 Å². The molecule has 0 radical (unpaired) electrons. The molecule has 1 atom stereocenters. The molecule has 1 aromatic carbocycles. The molecule has 0 heterocycles. The molecule has 23 heavy (non-hydrogen) atoms. The molecule has 1 aromatic rings. The molecule has 1 N–H and O–H groups in total. The zero-order valence-corrected chi connectivity index (χ0v) is 14.7. The lowest BCUT2D eigenvalue weighted by molar-refractivity contribution is -0.296. The van der Waals surface area contributed by atoms with Gasteiger partial charge in [-0.25, -0.2) is 4.89 Å². The van der Waals surface area contributed by atoms with Crippen molar-refractivity contribution in [3.8, 4) is 0 Å². The highest BCUT2D eigenvalue weighted by Crippen LogP contribution is 2.40. The van der Waals surface area contributed by atoms with E-state index in [9.17, 15) is 5.26 Å². The second kappa shape index (κ2) is 7.81. The highest BCUT2D eigenvalue weighted by atomic mass is 17.1. The first-order valence-corrected chi connectivity index (χ1v) is 9.57. The van der Waals surface area contributed by atoms with Crippen LogP contribution in [0.15, 0.2) is 24.3 Å². The van der Waals surface area contributed by atoms with E-state index in [1.54, 1.807) is 0 Å². The normalized spacial score (nSPS) is 33.3. The first-order valence-electron chi connectivity index (χ1n) is 9.57. The number of benzene rings is 1. The van der Waals surface area contributed by atoms with Crippen molar-refractivity contribution in [2.45, 2.75) is 77.2 Å². The summed E-state index contributed by atoms with van der Waals surface area (Å²) in [5.74, 6) is 2.90. The minimum Gasteiger partial charge on any atom is -0.251 e. The summed E-state index contributed by atoms with van der Waals surface area (Å²) in [7, 11) is 0. The van der Waals surface area contributed by atoms with Crippen molar-refractivity contribution in [3.63, 3.8) is 0 Å². The van der Waals surface area contributed by atoms with Gasteiger partial charge in [0.1, 0.15) is 6.10 Å². The quantitative estimate of drug-likeness (QED) is 0.519. The van der Waals surface area contributed by atoms with Crippen LogP contribution in [0.1, 0.15) is 88.4 Å². The second-order valence-corrected chi connectivity index (χ2v) is 8.17. The largest absolute Gasteiger partial charge is 0.251 e. The summed E-state index contributed by atoms with van der Waals surface area (Å²) in [6.45, 7) is 4.69. The van der Waals surface area contributed by atoms with Crippen LogP contribution in [0.4, 0.5) is 0 Å². The van der Waals surface area contributed by atoms with Gasteiger partial charge in [0.15, 0.2) is 0 Å². The third kappa shape index (κ3) is 4.16. The van der Waals surface area contributed by atoms with Gasteiger partial charge in [0.2, 0.25) is 0 Å². The third-order valence-corrected chi connectivity index (χ3v) is 6.35. The van der Waals surface area contributed by atoms with Crippen LogP contribution in [0, 0.1) is 17.8 Å². The molecule has 1 unspecified atom stereocenters. The highest BCUT2D eigenvalue weighted by Gasteiger charge is 2.28. The summed E-state index contributed by atoms with van der Waals surface area (Å²) in [4.78, 5) is 4.91. The van der Waals surface area contributed by atoms with Gasteiger partial charge in [-0.3, -0.25) is 5.26 Å². The Labute approximate surface area is 141 Å². The van der Waals surface area contributed by atoms with Crippen molar-refractivity contribution in [2.24, 2.45) is 17.8 Å². The van der Waals surface area contributed by atoms with Crippen molar-refractivity contribution >= 4 is 0 Å². The molecule has 2 saturated carbocycles. The molecule has 2 nitrogen and oxygen atoms in total. The number of hydrogen-bond acceptors (Lipinski definition) is 2. The van der Waals surface area contributed by atoms with Gasteiger partial charge in [-0.1, -0.05) is 63.8 Å². The third-order valence-electron chi connectivity index (χ3n) is 6.35. The first kappa shape index (κ1) is 17.0. The van der Waals surface area contributed by atoms with Gasteiger partial charge >= 0.3 is 0 Å². The van der Waals surface area contributed by atoms with Gasteiger partial charge in [-0.15, -0.1) is 0 Å².